The molecule has 2 aromatic rings. The smallest absolute Gasteiger partial charge is 0.319 e. The molecule has 7 heteroatoms. The topological polar surface area (TPSA) is 57.0 Å². The van der Waals surface area contributed by atoms with Crippen LogP contribution in [0.15, 0.2) is 35.7 Å². The highest BCUT2D eigenvalue weighted by Crippen LogP contribution is 2.32. The number of carbonyl (C=O) groups excluding carboxylic acids is 1. The molecule has 2 heterocycles. The monoisotopic (exact) mass is 293 g/mol. The third-order valence-corrected chi connectivity index (χ3v) is 4.16. The van der Waals surface area contributed by atoms with E-state index in [1.165, 1.54) is 28.7 Å². The number of ether oxygens (including phenoxy) is 1. The van der Waals surface area contributed by atoms with Crippen LogP contribution in [0.5, 0.6) is 0 Å². The number of hydrogen-bond acceptors (Lipinski definition) is 5. The lowest BCUT2D eigenvalue weighted by atomic mass is 10.3. The van der Waals surface area contributed by atoms with Crippen LogP contribution in [0.1, 0.15) is 13.3 Å². The van der Waals surface area contributed by atoms with Gasteiger partial charge in [0.25, 0.3) is 0 Å². The average Bonchev–Trinajstić information content (AvgIpc) is 2.98. The van der Waals surface area contributed by atoms with Crippen LogP contribution in [0.4, 0.5) is 4.39 Å². The van der Waals surface area contributed by atoms with Crippen molar-refractivity contribution in [2.75, 3.05) is 0 Å². The van der Waals surface area contributed by atoms with Crippen LogP contribution in [0.25, 0.3) is 5.69 Å². The van der Waals surface area contributed by atoms with Crippen molar-refractivity contribution in [3.63, 3.8) is 0 Å². The third-order valence-electron chi connectivity index (χ3n) is 3.00. The van der Waals surface area contributed by atoms with Crippen molar-refractivity contribution in [3.05, 3.63) is 36.4 Å². The normalized spacial score (nSPS) is 22.0. The number of rotatable bonds is 3. The van der Waals surface area contributed by atoms with E-state index in [1.54, 1.807) is 18.2 Å². The van der Waals surface area contributed by atoms with Gasteiger partial charge in [-0.1, -0.05) is 23.9 Å². The second-order valence-electron chi connectivity index (χ2n) is 4.52. The van der Waals surface area contributed by atoms with Crippen LogP contribution < -0.4 is 0 Å². The lowest BCUT2D eigenvalue weighted by Crippen LogP contribution is -2.11. The summed E-state index contributed by atoms with van der Waals surface area (Å²) in [6.45, 7) is 1.85. The van der Waals surface area contributed by atoms with Crippen LogP contribution >= 0.6 is 11.8 Å². The Labute approximate surface area is 119 Å². The predicted octanol–water partition coefficient (Wildman–Crippen LogP) is 2.20. The lowest BCUT2D eigenvalue weighted by molar-refractivity contribution is -0.140. The van der Waals surface area contributed by atoms with Gasteiger partial charge in [0.2, 0.25) is 0 Å². The Kier molecular flexibility index (Phi) is 3.43. The van der Waals surface area contributed by atoms with Gasteiger partial charge in [0, 0.05) is 6.42 Å². The molecule has 2 unspecified atom stereocenters. The van der Waals surface area contributed by atoms with E-state index in [1.807, 2.05) is 6.92 Å². The molecule has 3 rings (SSSR count). The summed E-state index contributed by atoms with van der Waals surface area (Å²) in [7, 11) is 0. The number of carbonyl (C=O) groups is 1. The van der Waals surface area contributed by atoms with E-state index < -0.39 is 0 Å². The minimum Gasteiger partial charge on any atom is -0.462 e. The van der Waals surface area contributed by atoms with Crippen molar-refractivity contribution in [2.24, 2.45) is 0 Å². The summed E-state index contributed by atoms with van der Waals surface area (Å²) in [6.07, 6.45) is 1.96. The Hall–Kier alpha value is -1.89. The highest BCUT2D eigenvalue weighted by atomic mass is 32.2. The van der Waals surface area contributed by atoms with E-state index in [-0.39, 0.29) is 23.1 Å². The van der Waals surface area contributed by atoms with Crippen molar-refractivity contribution in [1.29, 1.82) is 0 Å². The Bertz CT molecular complexity index is 646. The first-order valence-corrected chi connectivity index (χ1v) is 7.05. The molecule has 0 saturated carbocycles. The molecule has 0 aliphatic carbocycles. The molecule has 1 fully saturated rings. The largest absolute Gasteiger partial charge is 0.462 e. The molecule has 0 N–H and O–H groups in total. The summed E-state index contributed by atoms with van der Waals surface area (Å²) in [5.41, 5.74) is 0.361. The molecule has 1 saturated heterocycles. The fraction of sp³-hybridized carbons (Fsp3) is 0.308. The summed E-state index contributed by atoms with van der Waals surface area (Å²) in [5.74, 6) is -0.623. The van der Waals surface area contributed by atoms with Gasteiger partial charge in [0.05, 0.1) is 5.69 Å². The Morgan fingerprint density at radius 2 is 2.25 bits per heavy atom. The van der Waals surface area contributed by atoms with Gasteiger partial charge in [-0.3, -0.25) is 9.36 Å². The van der Waals surface area contributed by atoms with Gasteiger partial charge in [-0.2, -0.15) is 0 Å². The molecule has 104 valence electrons. The van der Waals surface area contributed by atoms with E-state index in [0.717, 1.165) is 0 Å². The zero-order valence-corrected chi connectivity index (χ0v) is 11.5. The maximum atomic E-state index is 13.8. The second-order valence-corrected chi connectivity index (χ2v) is 5.69. The molecule has 1 aliphatic rings. The molecule has 1 aliphatic heterocycles. The number of aromatic nitrogens is 3. The fourth-order valence-corrected chi connectivity index (χ4v) is 3.19. The van der Waals surface area contributed by atoms with E-state index in [2.05, 4.69) is 10.2 Å². The molecule has 1 aromatic heterocycles. The van der Waals surface area contributed by atoms with Crippen LogP contribution in [0.3, 0.4) is 0 Å². The lowest BCUT2D eigenvalue weighted by Gasteiger charge is -2.08. The minimum atomic E-state index is -0.364. The van der Waals surface area contributed by atoms with Crippen molar-refractivity contribution >= 4 is 17.7 Å². The van der Waals surface area contributed by atoms with Gasteiger partial charge < -0.3 is 4.74 Å². The Morgan fingerprint density at radius 1 is 1.45 bits per heavy atom. The molecular formula is C13H12FN3O2S. The molecule has 5 nitrogen and oxygen atoms in total. The number of thioether (sulfide) groups is 1. The maximum absolute atomic E-state index is 13.8. The van der Waals surface area contributed by atoms with Crippen LogP contribution in [0, 0.1) is 5.82 Å². The molecule has 0 bridgehead atoms. The Balaban J connectivity index is 1.88. The number of halogens is 1. The van der Waals surface area contributed by atoms with Gasteiger partial charge in [0.15, 0.2) is 5.16 Å². The summed E-state index contributed by atoms with van der Waals surface area (Å²) < 4.78 is 20.4. The van der Waals surface area contributed by atoms with E-state index >= 15 is 0 Å². The second kappa shape index (κ2) is 5.24. The Morgan fingerprint density at radius 3 is 2.95 bits per heavy atom. The molecule has 0 radical (unpaired) electrons. The van der Waals surface area contributed by atoms with Gasteiger partial charge >= 0.3 is 5.97 Å². The first kappa shape index (κ1) is 13.1. The summed E-state index contributed by atoms with van der Waals surface area (Å²) in [5, 5.41) is 7.92. The van der Waals surface area contributed by atoms with Crippen molar-refractivity contribution in [3.8, 4) is 5.69 Å². The number of nitrogens with zero attached hydrogens (tertiary/aromatic N) is 3. The van der Waals surface area contributed by atoms with Crippen molar-refractivity contribution in [1.82, 2.24) is 14.8 Å². The quantitative estimate of drug-likeness (QED) is 0.812. The highest BCUT2D eigenvalue weighted by Gasteiger charge is 2.34. The zero-order chi connectivity index (χ0) is 14.1. The zero-order valence-electron chi connectivity index (χ0n) is 10.7. The molecule has 20 heavy (non-hydrogen) atoms. The van der Waals surface area contributed by atoms with E-state index in [0.29, 0.717) is 17.3 Å². The van der Waals surface area contributed by atoms with Gasteiger partial charge in [-0.05, 0) is 19.1 Å². The van der Waals surface area contributed by atoms with Crippen LogP contribution in [-0.4, -0.2) is 32.1 Å². The van der Waals surface area contributed by atoms with Gasteiger partial charge in [-0.25, -0.2) is 4.39 Å². The van der Waals surface area contributed by atoms with Crippen LogP contribution in [0.2, 0.25) is 0 Å². The summed E-state index contributed by atoms with van der Waals surface area (Å²) >= 11 is 1.25. The van der Waals surface area contributed by atoms with E-state index in [4.69, 9.17) is 4.74 Å². The fourth-order valence-electron chi connectivity index (χ4n) is 2.06. The van der Waals surface area contributed by atoms with Crippen molar-refractivity contribution in [2.45, 2.75) is 29.9 Å². The van der Waals surface area contributed by atoms with Gasteiger partial charge in [-0.15, -0.1) is 10.2 Å². The number of cyclic esters (lactones) is 1. The number of para-hydroxylation sites is 1. The van der Waals surface area contributed by atoms with E-state index in [9.17, 15) is 9.18 Å². The molecular weight excluding hydrogens is 281 g/mol. The molecule has 0 amide bonds. The molecule has 0 spiro atoms. The first-order chi connectivity index (χ1) is 9.65. The highest BCUT2D eigenvalue weighted by molar-refractivity contribution is 8.00. The average molecular weight is 293 g/mol. The number of esters is 1. The summed E-state index contributed by atoms with van der Waals surface area (Å²) in [4.78, 5) is 11.7. The number of hydrogen-bond donors (Lipinski definition) is 0. The third kappa shape index (κ3) is 2.40. The predicted molar refractivity (Wildman–Crippen MR) is 71.1 cm³/mol. The number of benzene rings is 1. The molecule has 1 aromatic carbocycles. The summed E-state index contributed by atoms with van der Waals surface area (Å²) in [6, 6.07) is 6.36. The molecule has 2 atom stereocenters. The first-order valence-electron chi connectivity index (χ1n) is 6.17. The standard InChI is InChI=1S/C13H12FN3O2S/c1-8-6-11(12(18)19-8)20-13-16-15-7-17(13)10-5-3-2-4-9(10)14/h2-5,7-8,11H,6H2,1H3. The SMILES string of the molecule is CC1CC(Sc2nncn2-c2ccccc2F)C(=O)O1. The van der Waals surface area contributed by atoms with Crippen LogP contribution in [-0.2, 0) is 9.53 Å². The van der Waals surface area contributed by atoms with Crippen molar-refractivity contribution < 1.29 is 13.9 Å². The van der Waals surface area contributed by atoms with Gasteiger partial charge in [0.1, 0.15) is 23.5 Å². The maximum Gasteiger partial charge on any atom is 0.319 e. The minimum absolute atomic E-state index is 0.0927.